The van der Waals surface area contributed by atoms with Crippen molar-refractivity contribution in [3.63, 3.8) is 0 Å². The fraction of sp³-hybridized carbons (Fsp3) is 0.227. The van der Waals surface area contributed by atoms with Gasteiger partial charge in [0.1, 0.15) is 5.69 Å². The monoisotopic (exact) mass is 360 g/mol. The van der Waals surface area contributed by atoms with E-state index in [2.05, 4.69) is 52.6 Å². The number of hydrogen-bond acceptors (Lipinski definition) is 4. The van der Waals surface area contributed by atoms with Gasteiger partial charge in [0.15, 0.2) is 0 Å². The van der Waals surface area contributed by atoms with Gasteiger partial charge in [-0.3, -0.25) is 14.8 Å². The summed E-state index contributed by atoms with van der Waals surface area (Å²) in [4.78, 5) is 20.7. The van der Waals surface area contributed by atoms with E-state index in [-0.39, 0.29) is 5.91 Å². The first-order valence-corrected chi connectivity index (χ1v) is 9.22. The highest BCUT2D eigenvalue weighted by atomic mass is 16.1. The van der Waals surface area contributed by atoms with Gasteiger partial charge in [0.05, 0.1) is 0 Å². The van der Waals surface area contributed by atoms with Gasteiger partial charge in [0, 0.05) is 36.5 Å². The molecule has 5 heteroatoms. The number of rotatable bonds is 7. The van der Waals surface area contributed by atoms with Crippen molar-refractivity contribution in [1.82, 2.24) is 15.3 Å². The number of benzene rings is 1. The van der Waals surface area contributed by atoms with Gasteiger partial charge in [-0.25, -0.2) is 0 Å². The number of nitrogens with one attached hydrogen (secondary N) is 2. The molecule has 0 aliphatic carbocycles. The predicted molar refractivity (Wildman–Crippen MR) is 108 cm³/mol. The maximum absolute atomic E-state index is 12.4. The first-order chi connectivity index (χ1) is 13.2. The molecule has 2 N–H and O–H groups in total. The molecule has 0 saturated carbocycles. The van der Waals surface area contributed by atoms with Crippen LogP contribution >= 0.6 is 0 Å². The lowest BCUT2D eigenvalue weighted by atomic mass is 10.0. The van der Waals surface area contributed by atoms with Crippen molar-refractivity contribution < 1.29 is 4.79 Å². The molecule has 0 saturated heterocycles. The molecule has 27 heavy (non-hydrogen) atoms. The summed E-state index contributed by atoms with van der Waals surface area (Å²) < 4.78 is 0. The Kier molecular flexibility index (Phi) is 6.15. The topological polar surface area (TPSA) is 66.9 Å². The molecule has 1 amide bonds. The molecule has 1 aromatic carbocycles. The molecule has 0 unspecified atom stereocenters. The number of anilines is 2. The Morgan fingerprint density at radius 1 is 1.00 bits per heavy atom. The Bertz CT molecular complexity index is 887. The molecule has 0 spiro atoms. The summed E-state index contributed by atoms with van der Waals surface area (Å²) in [6, 6.07) is 13.8. The summed E-state index contributed by atoms with van der Waals surface area (Å²) in [7, 11) is 0. The van der Waals surface area contributed by atoms with Crippen LogP contribution in [0.25, 0.3) is 0 Å². The number of aromatic nitrogens is 2. The number of pyridine rings is 2. The molecule has 0 aliphatic heterocycles. The van der Waals surface area contributed by atoms with E-state index in [1.54, 1.807) is 24.7 Å². The molecule has 3 rings (SSSR count). The fourth-order valence-corrected chi connectivity index (χ4v) is 2.96. The van der Waals surface area contributed by atoms with E-state index in [0.29, 0.717) is 12.2 Å². The molecule has 0 atom stereocenters. The number of nitrogens with zero attached hydrogens (tertiary/aromatic N) is 2. The average Bonchev–Trinajstić information content (AvgIpc) is 2.73. The van der Waals surface area contributed by atoms with Crippen LogP contribution in [0.4, 0.5) is 11.4 Å². The molecule has 3 aromatic rings. The third kappa shape index (κ3) is 4.70. The Morgan fingerprint density at radius 3 is 2.44 bits per heavy atom. The summed E-state index contributed by atoms with van der Waals surface area (Å²) in [6.45, 7) is 4.71. The van der Waals surface area contributed by atoms with Crippen LogP contribution in [0.1, 0.15) is 41.0 Å². The van der Waals surface area contributed by atoms with Crippen molar-refractivity contribution >= 4 is 17.3 Å². The smallest absolute Gasteiger partial charge is 0.270 e. The van der Waals surface area contributed by atoms with Gasteiger partial charge < -0.3 is 10.6 Å². The Labute approximate surface area is 159 Å². The van der Waals surface area contributed by atoms with Gasteiger partial charge in [0.2, 0.25) is 0 Å². The van der Waals surface area contributed by atoms with Gasteiger partial charge in [-0.1, -0.05) is 38.1 Å². The zero-order chi connectivity index (χ0) is 19.1. The molecule has 2 aromatic heterocycles. The van der Waals surface area contributed by atoms with Crippen molar-refractivity contribution in [2.75, 3.05) is 5.32 Å². The predicted octanol–water partition coefficient (Wildman–Crippen LogP) is 4.28. The lowest BCUT2D eigenvalue weighted by Crippen LogP contribution is -2.23. The lowest BCUT2D eigenvalue weighted by molar-refractivity contribution is 0.0946. The van der Waals surface area contributed by atoms with Crippen LogP contribution in [0.2, 0.25) is 0 Å². The van der Waals surface area contributed by atoms with Crippen molar-refractivity contribution in [3.05, 3.63) is 83.4 Å². The van der Waals surface area contributed by atoms with Crippen LogP contribution in [0, 0.1) is 0 Å². The summed E-state index contributed by atoms with van der Waals surface area (Å²) in [5.41, 5.74) is 5.82. The SMILES string of the molecule is CCc1cccc(CC)c1Nc1ccnc(C(=O)NCc2cccnc2)c1. The normalized spacial score (nSPS) is 10.4. The lowest BCUT2D eigenvalue weighted by Gasteiger charge is -2.16. The second kappa shape index (κ2) is 8.94. The first-order valence-electron chi connectivity index (χ1n) is 9.22. The molecule has 0 bridgehead atoms. The zero-order valence-electron chi connectivity index (χ0n) is 15.7. The molecule has 0 fully saturated rings. The van der Waals surface area contributed by atoms with Crippen molar-refractivity contribution in [2.24, 2.45) is 0 Å². The minimum absolute atomic E-state index is 0.206. The van der Waals surface area contributed by atoms with Crippen LogP contribution in [-0.4, -0.2) is 15.9 Å². The maximum atomic E-state index is 12.4. The first kappa shape index (κ1) is 18.6. The molecule has 2 heterocycles. The van der Waals surface area contributed by atoms with Gasteiger partial charge in [-0.05, 0) is 47.7 Å². The minimum atomic E-state index is -0.206. The average molecular weight is 360 g/mol. The van der Waals surface area contributed by atoms with Crippen LogP contribution in [0.5, 0.6) is 0 Å². The molecule has 138 valence electrons. The highest BCUT2D eigenvalue weighted by Gasteiger charge is 2.10. The number of aryl methyl sites for hydroxylation is 2. The van der Waals surface area contributed by atoms with Gasteiger partial charge in [-0.2, -0.15) is 0 Å². The minimum Gasteiger partial charge on any atom is -0.355 e. The van der Waals surface area contributed by atoms with Crippen molar-refractivity contribution in [3.8, 4) is 0 Å². The summed E-state index contributed by atoms with van der Waals surface area (Å²) in [6.07, 6.45) is 6.99. The third-order valence-electron chi connectivity index (χ3n) is 4.44. The molecule has 0 aliphatic rings. The largest absolute Gasteiger partial charge is 0.355 e. The van der Waals surface area contributed by atoms with E-state index in [4.69, 9.17) is 0 Å². The van der Waals surface area contributed by atoms with E-state index < -0.39 is 0 Å². The number of hydrogen-bond donors (Lipinski definition) is 2. The van der Waals surface area contributed by atoms with E-state index >= 15 is 0 Å². The zero-order valence-corrected chi connectivity index (χ0v) is 15.7. The molecular formula is C22H24N4O. The van der Waals surface area contributed by atoms with Crippen LogP contribution in [0.3, 0.4) is 0 Å². The maximum Gasteiger partial charge on any atom is 0.270 e. The Balaban J connectivity index is 1.75. The number of carbonyl (C=O) groups excluding carboxylic acids is 1. The van der Waals surface area contributed by atoms with E-state index in [1.807, 2.05) is 18.2 Å². The summed E-state index contributed by atoms with van der Waals surface area (Å²) >= 11 is 0. The van der Waals surface area contributed by atoms with Gasteiger partial charge in [0.25, 0.3) is 5.91 Å². The summed E-state index contributed by atoms with van der Waals surface area (Å²) in [5, 5.41) is 6.36. The number of para-hydroxylation sites is 1. The summed E-state index contributed by atoms with van der Waals surface area (Å²) in [5.74, 6) is -0.206. The number of carbonyl (C=O) groups is 1. The van der Waals surface area contributed by atoms with Crippen LogP contribution in [-0.2, 0) is 19.4 Å². The standard InChI is InChI=1S/C22H24N4O/c1-3-17-8-5-9-18(4-2)21(17)26-19-10-12-24-20(13-19)22(27)25-15-16-7-6-11-23-14-16/h5-14H,3-4,15H2,1-2H3,(H,24,26)(H,25,27). The third-order valence-corrected chi connectivity index (χ3v) is 4.44. The quantitative estimate of drug-likeness (QED) is 0.660. The number of amides is 1. The highest BCUT2D eigenvalue weighted by Crippen LogP contribution is 2.26. The Hall–Kier alpha value is -3.21. The molecule has 5 nitrogen and oxygen atoms in total. The van der Waals surface area contributed by atoms with E-state index in [1.165, 1.54) is 11.1 Å². The second-order valence-electron chi connectivity index (χ2n) is 6.26. The second-order valence-corrected chi connectivity index (χ2v) is 6.26. The van der Waals surface area contributed by atoms with Crippen LogP contribution < -0.4 is 10.6 Å². The van der Waals surface area contributed by atoms with E-state index in [0.717, 1.165) is 29.8 Å². The van der Waals surface area contributed by atoms with Crippen LogP contribution in [0.15, 0.2) is 61.1 Å². The molecule has 0 radical (unpaired) electrons. The van der Waals surface area contributed by atoms with Gasteiger partial charge in [-0.15, -0.1) is 0 Å². The van der Waals surface area contributed by atoms with E-state index in [9.17, 15) is 4.79 Å². The highest BCUT2D eigenvalue weighted by molar-refractivity contribution is 5.93. The molecular weight excluding hydrogens is 336 g/mol. The fourth-order valence-electron chi connectivity index (χ4n) is 2.96. The Morgan fingerprint density at radius 2 is 1.78 bits per heavy atom. The van der Waals surface area contributed by atoms with Crippen molar-refractivity contribution in [2.45, 2.75) is 33.2 Å². The van der Waals surface area contributed by atoms with Gasteiger partial charge >= 0.3 is 0 Å². The van der Waals surface area contributed by atoms with Crippen molar-refractivity contribution in [1.29, 1.82) is 0 Å².